The number of carbonyl (C=O) groups excluding carboxylic acids is 4. The number of likely N-dealkylation sites (tertiary alicyclic amines) is 2. The molecule has 5 amide bonds. The number of anilines is 1. The molecule has 5 heterocycles. The van der Waals surface area contributed by atoms with Crippen molar-refractivity contribution in [2.24, 2.45) is 17.6 Å². The van der Waals surface area contributed by atoms with Gasteiger partial charge < -0.3 is 35.4 Å². The fraction of sp³-hybridized carbons (Fsp3) is 0.455. The molecule has 392 valence electrons. The number of carbonyl (C=O) groups is 4. The SMILES string of the molecule is CC1c2c(cc(F)c(Cl)c2-c2c(C(N)=O)ccc(OCCO)c2F)OC1(CNC1CCC(C(=O)N2CCC(CN3CCC(c4c(F)cc5c(N6CCC(=O)NC6=O)csc5c4F)CC3)CC2)CC1)c1ccccc1. The molecule has 4 aliphatic heterocycles. The highest BCUT2D eigenvalue weighted by molar-refractivity contribution is 7.17. The van der Waals surface area contributed by atoms with E-state index < -0.39 is 58.4 Å². The third-order valence-corrected chi connectivity index (χ3v) is 17.5. The Bertz CT molecular complexity index is 2980. The largest absolute Gasteiger partial charge is 0.488 e. The summed E-state index contributed by atoms with van der Waals surface area (Å²) in [4.78, 5) is 56.7. The van der Waals surface area contributed by atoms with Gasteiger partial charge in [0.15, 0.2) is 17.2 Å². The van der Waals surface area contributed by atoms with Crippen molar-refractivity contribution in [3.63, 3.8) is 0 Å². The number of nitrogens with two attached hydrogens (primary N) is 1. The van der Waals surface area contributed by atoms with Crippen molar-refractivity contribution in [2.45, 2.75) is 88.2 Å². The summed E-state index contributed by atoms with van der Waals surface area (Å²) < 4.78 is 76.7. The number of imide groups is 1. The summed E-state index contributed by atoms with van der Waals surface area (Å²) in [6.45, 7) is 5.34. The molecule has 0 radical (unpaired) electrons. The number of rotatable bonds is 14. The van der Waals surface area contributed by atoms with Crippen molar-refractivity contribution < 1.29 is 51.3 Å². The lowest BCUT2D eigenvalue weighted by Crippen LogP contribution is -2.49. The molecule has 0 spiro atoms. The van der Waals surface area contributed by atoms with Crippen LogP contribution in [0.4, 0.5) is 28.0 Å². The van der Waals surface area contributed by atoms with Crippen LogP contribution in [0.1, 0.15) is 104 Å². The Morgan fingerprint density at radius 3 is 2.32 bits per heavy atom. The van der Waals surface area contributed by atoms with Gasteiger partial charge in [-0.2, -0.15) is 0 Å². The first-order valence-corrected chi connectivity index (χ1v) is 26.8. The summed E-state index contributed by atoms with van der Waals surface area (Å²) in [7, 11) is 0. The Hall–Kier alpha value is -5.79. The highest BCUT2D eigenvalue weighted by atomic mass is 35.5. The van der Waals surface area contributed by atoms with Crippen molar-refractivity contribution in [1.29, 1.82) is 0 Å². The number of halogens is 5. The van der Waals surface area contributed by atoms with Crippen LogP contribution in [0.5, 0.6) is 11.5 Å². The van der Waals surface area contributed by atoms with E-state index in [0.717, 1.165) is 49.1 Å². The maximum absolute atomic E-state index is 16.5. The molecule has 1 aromatic heterocycles. The Morgan fingerprint density at radius 2 is 1.64 bits per heavy atom. The normalized spacial score (nSPS) is 23.0. The topological polar surface area (TPSA) is 167 Å². The molecule has 5 N–H and O–H groups in total. The van der Waals surface area contributed by atoms with Crippen LogP contribution < -0.4 is 30.7 Å². The fourth-order valence-corrected chi connectivity index (χ4v) is 13.4. The Labute approximate surface area is 435 Å². The number of urea groups is 1. The zero-order valence-corrected chi connectivity index (χ0v) is 42.6. The molecule has 1 aliphatic carbocycles. The first-order chi connectivity index (χ1) is 35.7. The van der Waals surface area contributed by atoms with E-state index >= 15 is 17.6 Å². The van der Waals surface area contributed by atoms with Crippen LogP contribution in [0.2, 0.25) is 5.02 Å². The lowest BCUT2D eigenvalue weighted by atomic mass is 9.77. The van der Waals surface area contributed by atoms with E-state index in [4.69, 9.17) is 26.8 Å². The van der Waals surface area contributed by atoms with Gasteiger partial charge in [0.05, 0.1) is 27.6 Å². The molecule has 0 bridgehead atoms. The van der Waals surface area contributed by atoms with Gasteiger partial charge in [0, 0.05) is 96.1 Å². The lowest BCUT2D eigenvalue weighted by molar-refractivity contribution is -0.138. The Kier molecular flexibility index (Phi) is 15.0. The van der Waals surface area contributed by atoms with Crippen molar-refractivity contribution in [2.75, 3.05) is 63.9 Å². The summed E-state index contributed by atoms with van der Waals surface area (Å²) in [5, 5.41) is 16.9. The summed E-state index contributed by atoms with van der Waals surface area (Å²) in [5.74, 6) is -4.88. The van der Waals surface area contributed by atoms with E-state index in [9.17, 15) is 24.3 Å². The second kappa shape index (κ2) is 21.4. The van der Waals surface area contributed by atoms with Crippen LogP contribution in [0.15, 0.2) is 60.0 Å². The number of nitrogens with zero attached hydrogens (tertiary/aromatic N) is 3. The van der Waals surface area contributed by atoms with E-state index in [0.29, 0.717) is 79.1 Å². The molecule has 2 unspecified atom stereocenters. The third kappa shape index (κ3) is 9.72. The number of hydrogen-bond donors (Lipinski definition) is 4. The minimum absolute atomic E-state index is 0.0377. The molecule has 1 saturated carbocycles. The Balaban J connectivity index is 0.736. The van der Waals surface area contributed by atoms with Crippen LogP contribution in [-0.2, 0) is 15.2 Å². The number of nitrogens with one attached hydrogen (secondary N) is 2. The standard InChI is InChI=1S/C55H59ClF4N6O7S/c1-30-44-42(26-39(58)48(56)47(44)46-36(52(61)69)11-12-41(49(46)59)72-24-23-67)73-55(30,34-5-3-2-4-6-34)29-62-35-9-7-33(8-10-35)53(70)65-20-13-31(14-21-65)27-64-18-15-32(16-19-64)45-38(57)25-37-40(28-74-51(37)50(45)60)66-22-17-43(68)63-54(66)71/h2-6,11-12,25-26,28,30-33,35,62,67H,7-10,13-24,27,29H2,1H3,(H2,61,69)(H,63,68,71). The van der Waals surface area contributed by atoms with E-state index in [2.05, 4.69) is 15.5 Å². The fourth-order valence-electron chi connectivity index (χ4n) is 12.2. The van der Waals surface area contributed by atoms with Crippen molar-refractivity contribution >= 4 is 62.5 Å². The van der Waals surface area contributed by atoms with Crippen molar-refractivity contribution in [3.8, 4) is 22.6 Å². The number of fused-ring (bicyclic) bond motifs is 2. The van der Waals surface area contributed by atoms with Gasteiger partial charge in [-0.05, 0) is 100 Å². The van der Waals surface area contributed by atoms with Crippen LogP contribution in [-0.4, -0.2) is 104 Å². The Morgan fingerprint density at radius 1 is 0.905 bits per heavy atom. The number of benzene rings is 4. The first kappa shape index (κ1) is 51.7. The van der Waals surface area contributed by atoms with Crippen molar-refractivity contribution in [3.05, 3.63) is 111 Å². The predicted octanol–water partition coefficient (Wildman–Crippen LogP) is 9.35. The minimum Gasteiger partial charge on any atom is -0.488 e. The van der Waals surface area contributed by atoms with Gasteiger partial charge in [-0.1, -0.05) is 48.9 Å². The second-order valence-corrected chi connectivity index (χ2v) is 21.6. The highest BCUT2D eigenvalue weighted by Crippen LogP contribution is 2.57. The monoisotopic (exact) mass is 1060 g/mol. The number of primary amides is 1. The summed E-state index contributed by atoms with van der Waals surface area (Å²) in [6, 6.07) is 13.9. The van der Waals surface area contributed by atoms with Crippen LogP contribution in [0, 0.1) is 35.1 Å². The molecule has 10 rings (SSSR count). The molecular weight excluding hydrogens is 1000 g/mol. The van der Waals surface area contributed by atoms with Crippen LogP contribution >= 0.6 is 22.9 Å². The minimum atomic E-state index is -1.13. The predicted molar refractivity (Wildman–Crippen MR) is 274 cm³/mol. The summed E-state index contributed by atoms with van der Waals surface area (Å²) in [6.07, 6.45) is 5.99. The maximum Gasteiger partial charge on any atom is 0.328 e. The van der Waals surface area contributed by atoms with E-state index in [1.54, 1.807) is 5.38 Å². The number of thiophene rings is 1. The van der Waals surface area contributed by atoms with Gasteiger partial charge in [-0.15, -0.1) is 11.3 Å². The average molecular weight is 1060 g/mol. The number of hydrogen-bond acceptors (Lipinski definition) is 10. The van der Waals surface area contributed by atoms with Gasteiger partial charge in [0.2, 0.25) is 17.7 Å². The highest BCUT2D eigenvalue weighted by Gasteiger charge is 2.50. The first-order valence-electron chi connectivity index (χ1n) is 25.5. The molecule has 4 aromatic carbocycles. The molecule has 74 heavy (non-hydrogen) atoms. The van der Waals surface area contributed by atoms with Gasteiger partial charge in [-0.3, -0.25) is 24.6 Å². The average Bonchev–Trinajstić information content (AvgIpc) is 3.94. The zero-order chi connectivity index (χ0) is 52.0. The number of aliphatic hydroxyl groups is 1. The molecule has 2 atom stereocenters. The number of ether oxygens (including phenoxy) is 2. The molecule has 4 fully saturated rings. The maximum atomic E-state index is 16.5. The molecule has 13 nitrogen and oxygen atoms in total. The van der Waals surface area contributed by atoms with Gasteiger partial charge in [0.1, 0.15) is 29.8 Å². The van der Waals surface area contributed by atoms with Gasteiger partial charge >= 0.3 is 6.03 Å². The van der Waals surface area contributed by atoms with Gasteiger partial charge in [0.25, 0.3) is 0 Å². The molecule has 3 saturated heterocycles. The quantitative estimate of drug-likeness (QED) is 0.0793. The molecule has 5 aliphatic rings. The zero-order valence-electron chi connectivity index (χ0n) is 41.0. The molecule has 19 heteroatoms. The number of amides is 5. The van der Waals surface area contributed by atoms with E-state index in [1.165, 1.54) is 29.2 Å². The number of aliphatic hydroxyl groups excluding tert-OH is 1. The second-order valence-electron chi connectivity index (χ2n) is 20.4. The van der Waals surface area contributed by atoms with Gasteiger partial charge in [-0.25, -0.2) is 22.4 Å². The lowest BCUT2D eigenvalue weighted by Gasteiger charge is -2.40. The smallest absolute Gasteiger partial charge is 0.328 e. The van der Waals surface area contributed by atoms with E-state index in [1.807, 2.05) is 42.2 Å². The third-order valence-electron chi connectivity index (χ3n) is 16.2. The summed E-state index contributed by atoms with van der Waals surface area (Å²) >= 11 is 7.85. The van der Waals surface area contributed by atoms with Crippen LogP contribution in [0.25, 0.3) is 21.2 Å². The number of piperidine rings is 2. The van der Waals surface area contributed by atoms with Crippen molar-refractivity contribution in [1.82, 2.24) is 20.4 Å². The van der Waals surface area contributed by atoms with E-state index in [-0.39, 0.29) is 89.6 Å². The molecular formula is C55H59ClF4N6O7S. The molecule has 5 aromatic rings. The summed E-state index contributed by atoms with van der Waals surface area (Å²) in [5.41, 5.74) is 5.69. The van der Waals surface area contributed by atoms with Crippen LogP contribution in [0.3, 0.4) is 0 Å².